The molecule has 0 aromatic heterocycles. The van der Waals surface area contributed by atoms with Crippen LogP contribution in [0.2, 0.25) is 0 Å². The van der Waals surface area contributed by atoms with E-state index >= 15 is 0 Å². The van der Waals surface area contributed by atoms with Gasteiger partial charge in [-0.15, -0.1) is 0 Å². The molecule has 0 unspecified atom stereocenters. The molecule has 0 N–H and O–H groups in total. The Morgan fingerprint density at radius 2 is 2.56 bits per heavy atom. The van der Waals surface area contributed by atoms with Crippen LogP contribution in [0.4, 0.5) is 0 Å². The van der Waals surface area contributed by atoms with Gasteiger partial charge in [0, 0.05) is 6.92 Å². The van der Waals surface area contributed by atoms with Gasteiger partial charge in [0.05, 0.1) is 0 Å². The summed E-state index contributed by atoms with van der Waals surface area (Å²) in [5.74, 6) is -0.188. The fourth-order valence-electron chi connectivity index (χ4n) is 0.916. The first-order valence-corrected chi connectivity index (χ1v) is 3.13. The number of hydrogen-bond acceptors (Lipinski definition) is 2. The van der Waals surface area contributed by atoms with Crippen LogP contribution >= 0.6 is 0 Å². The lowest BCUT2D eigenvalue weighted by molar-refractivity contribution is -0.144. The molecule has 0 fully saturated rings. The standard InChI is InChI=1S/C7H10O2/c1-6(8)9-7-4-2-3-5-7/h2,4,7H,3,5H2,1H3/t7-/m1/s1. The fourth-order valence-corrected chi connectivity index (χ4v) is 0.916. The van der Waals surface area contributed by atoms with Crippen molar-refractivity contribution in [3.8, 4) is 0 Å². The second-order valence-electron chi connectivity index (χ2n) is 2.15. The van der Waals surface area contributed by atoms with Gasteiger partial charge in [-0.1, -0.05) is 6.08 Å². The Balaban J connectivity index is 2.28. The number of hydrogen-bond donors (Lipinski definition) is 0. The van der Waals surface area contributed by atoms with Crippen LogP contribution in [-0.2, 0) is 9.53 Å². The van der Waals surface area contributed by atoms with Crippen molar-refractivity contribution in [3.05, 3.63) is 12.2 Å². The SMILES string of the molecule is CC(=O)O[C@@H]1C=CCC1. The van der Waals surface area contributed by atoms with Gasteiger partial charge in [0.25, 0.3) is 0 Å². The number of allylic oxidation sites excluding steroid dienone is 1. The topological polar surface area (TPSA) is 26.3 Å². The van der Waals surface area contributed by atoms with Crippen molar-refractivity contribution in [1.29, 1.82) is 0 Å². The Morgan fingerprint density at radius 1 is 1.78 bits per heavy atom. The van der Waals surface area contributed by atoms with E-state index in [9.17, 15) is 4.79 Å². The Bertz CT molecular complexity index is 138. The van der Waals surface area contributed by atoms with Crippen molar-refractivity contribution in [2.45, 2.75) is 25.9 Å². The maximum atomic E-state index is 10.3. The third kappa shape index (κ3) is 1.88. The van der Waals surface area contributed by atoms with Gasteiger partial charge in [-0.05, 0) is 18.9 Å². The minimum atomic E-state index is -0.188. The van der Waals surface area contributed by atoms with Crippen LogP contribution in [0.25, 0.3) is 0 Å². The van der Waals surface area contributed by atoms with Crippen LogP contribution in [0.3, 0.4) is 0 Å². The molecule has 1 aliphatic carbocycles. The average molecular weight is 126 g/mol. The molecule has 50 valence electrons. The predicted octanol–water partition coefficient (Wildman–Crippen LogP) is 1.27. The minimum absolute atomic E-state index is 0.0579. The lowest BCUT2D eigenvalue weighted by atomic mass is 10.3. The highest BCUT2D eigenvalue weighted by atomic mass is 16.5. The highest BCUT2D eigenvalue weighted by Gasteiger charge is 2.10. The summed E-state index contributed by atoms with van der Waals surface area (Å²) in [4.78, 5) is 10.3. The van der Waals surface area contributed by atoms with Crippen molar-refractivity contribution in [2.75, 3.05) is 0 Å². The predicted molar refractivity (Wildman–Crippen MR) is 33.9 cm³/mol. The quantitative estimate of drug-likeness (QED) is 0.390. The van der Waals surface area contributed by atoms with Gasteiger partial charge in [0.2, 0.25) is 0 Å². The van der Waals surface area contributed by atoms with Gasteiger partial charge >= 0.3 is 5.97 Å². The maximum absolute atomic E-state index is 10.3. The molecule has 1 rings (SSSR count). The highest BCUT2D eigenvalue weighted by molar-refractivity contribution is 5.66. The summed E-state index contributed by atoms with van der Waals surface area (Å²) in [6, 6.07) is 0. The molecular weight excluding hydrogens is 116 g/mol. The van der Waals surface area contributed by atoms with Crippen LogP contribution < -0.4 is 0 Å². The van der Waals surface area contributed by atoms with Gasteiger partial charge in [-0.25, -0.2) is 0 Å². The maximum Gasteiger partial charge on any atom is 0.303 e. The molecule has 2 heteroatoms. The first-order chi connectivity index (χ1) is 4.29. The summed E-state index contributed by atoms with van der Waals surface area (Å²) >= 11 is 0. The first kappa shape index (κ1) is 6.33. The van der Waals surface area contributed by atoms with Crippen LogP contribution in [0.5, 0.6) is 0 Å². The molecule has 0 saturated heterocycles. The molecule has 0 radical (unpaired) electrons. The Morgan fingerprint density at radius 3 is 3.00 bits per heavy atom. The van der Waals surface area contributed by atoms with E-state index in [2.05, 4.69) is 0 Å². The summed E-state index contributed by atoms with van der Waals surface area (Å²) in [6.07, 6.45) is 6.02. The number of rotatable bonds is 1. The highest BCUT2D eigenvalue weighted by Crippen LogP contribution is 2.12. The fraction of sp³-hybridized carbons (Fsp3) is 0.571. The van der Waals surface area contributed by atoms with Crippen molar-refractivity contribution >= 4 is 5.97 Å². The average Bonchev–Trinajstić information content (AvgIpc) is 2.15. The van der Waals surface area contributed by atoms with Crippen molar-refractivity contribution in [2.24, 2.45) is 0 Å². The summed E-state index contributed by atoms with van der Waals surface area (Å²) in [5, 5.41) is 0. The molecule has 0 amide bonds. The van der Waals surface area contributed by atoms with Gasteiger partial charge in [0.1, 0.15) is 6.10 Å². The van der Waals surface area contributed by atoms with E-state index in [1.807, 2.05) is 12.2 Å². The molecule has 0 heterocycles. The van der Waals surface area contributed by atoms with Crippen LogP contribution in [0.15, 0.2) is 12.2 Å². The Labute approximate surface area is 54.5 Å². The number of ether oxygens (including phenoxy) is 1. The van der Waals surface area contributed by atoms with E-state index in [0.717, 1.165) is 12.8 Å². The van der Waals surface area contributed by atoms with E-state index in [0.29, 0.717) is 0 Å². The molecule has 2 nitrogen and oxygen atoms in total. The number of carbonyl (C=O) groups is 1. The molecule has 1 aliphatic rings. The van der Waals surface area contributed by atoms with Crippen molar-refractivity contribution in [3.63, 3.8) is 0 Å². The van der Waals surface area contributed by atoms with Crippen molar-refractivity contribution < 1.29 is 9.53 Å². The number of esters is 1. The summed E-state index contributed by atoms with van der Waals surface area (Å²) in [7, 11) is 0. The molecule has 0 aromatic rings. The Kier molecular flexibility index (Phi) is 1.88. The number of carbonyl (C=O) groups excluding carboxylic acids is 1. The van der Waals surface area contributed by atoms with Gasteiger partial charge < -0.3 is 4.74 Å². The minimum Gasteiger partial charge on any atom is -0.458 e. The van der Waals surface area contributed by atoms with Crippen molar-refractivity contribution in [1.82, 2.24) is 0 Å². The molecule has 0 aliphatic heterocycles. The molecule has 1 atom stereocenters. The van der Waals surface area contributed by atoms with Crippen LogP contribution in [-0.4, -0.2) is 12.1 Å². The Hall–Kier alpha value is -0.790. The van der Waals surface area contributed by atoms with Crippen LogP contribution in [0, 0.1) is 0 Å². The zero-order valence-electron chi connectivity index (χ0n) is 5.46. The van der Waals surface area contributed by atoms with E-state index in [-0.39, 0.29) is 12.1 Å². The van der Waals surface area contributed by atoms with E-state index in [4.69, 9.17) is 4.74 Å². The molecule has 0 saturated carbocycles. The van der Waals surface area contributed by atoms with E-state index < -0.39 is 0 Å². The normalized spacial score (nSPS) is 24.3. The van der Waals surface area contributed by atoms with Gasteiger partial charge in [0.15, 0.2) is 0 Å². The molecule has 0 aromatic carbocycles. The van der Waals surface area contributed by atoms with Gasteiger partial charge in [-0.2, -0.15) is 0 Å². The zero-order chi connectivity index (χ0) is 6.69. The lowest BCUT2D eigenvalue weighted by Gasteiger charge is -2.05. The summed E-state index contributed by atoms with van der Waals surface area (Å²) in [6.45, 7) is 1.44. The second-order valence-corrected chi connectivity index (χ2v) is 2.15. The van der Waals surface area contributed by atoms with Gasteiger partial charge in [-0.3, -0.25) is 4.79 Å². The monoisotopic (exact) mass is 126 g/mol. The smallest absolute Gasteiger partial charge is 0.303 e. The van der Waals surface area contributed by atoms with E-state index in [1.54, 1.807) is 0 Å². The third-order valence-corrected chi connectivity index (χ3v) is 1.29. The molecule has 9 heavy (non-hydrogen) atoms. The molecular formula is C7H10O2. The summed E-state index contributed by atoms with van der Waals surface area (Å²) < 4.78 is 4.89. The third-order valence-electron chi connectivity index (χ3n) is 1.29. The molecule has 0 bridgehead atoms. The second kappa shape index (κ2) is 2.67. The lowest BCUT2D eigenvalue weighted by Crippen LogP contribution is -2.09. The summed E-state index contributed by atoms with van der Waals surface area (Å²) in [5.41, 5.74) is 0. The van der Waals surface area contributed by atoms with Crippen LogP contribution in [0.1, 0.15) is 19.8 Å². The molecule has 0 spiro atoms. The van der Waals surface area contributed by atoms with E-state index in [1.165, 1.54) is 6.92 Å². The zero-order valence-corrected chi connectivity index (χ0v) is 5.46. The first-order valence-electron chi connectivity index (χ1n) is 3.13. The largest absolute Gasteiger partial charge is 0.458 e.